The standard InChI is InChI=1S/C10H16N4S/c1-2-8(1)10-9(15-13-12-10)7-14-5-3-11-4-6-14/h8,11H,1-7H2. The Bertz CT molecular complexity index is 328. The highest BCUT2D eigenvalue weighted by atomic mass is 32.1. The minimum atomic E-state index is 0.738. The van der Waals surface area contributed by atoms with Crippen LogP contribution in [0.1, 0.15) is 29.3 Å². The minimum Gasteiger partial charge on any atom is -0.314 e. The van der Waals surface area contributed by atoms with Crippen molar-refractivity contribution in [3.8, 4) is 0 Å². The van der Waals surface area contributed by atoms with Gasteiger partial charge in [-0.1, -0.05) is 4.49 Å². The summed E-state index contributed by atoms with van der Waals surface area (Å²) >= 11 is 1.59. The lowest BCUT2D eigenvalue weighted by molar-refractivity contribution is 0.234. The molecule has 1 aliphatic heterocycles. The van der Waals surface area contributed by atoms with Crippen LogP contribution in [0.25, 0.3) is 0 Å². The van der Waals surface area contributed by atoms with E-state index in [1.807, 2.05) is 0 Å². The van der Waals surface area contributed by atoms with Crippen molar-refractivity contribution in [2.75, 3.05) is 26.2 Å². The third-order valence-corrected chi connectivity index (χ3v) is 3.85. The molecule has 1 saturated carbocycles. The van der Waals surface area contributed by atoms with Crippen molar-refractivity contribution in [3.05, 3.63) is 10.6 Å². The summed E-state index contributed by atoms with van der Waals surface area (Å²) in [5.74, 6) is 0.738. The van der Waals surface area contributed by atoms with Crippen LogP contribution in [0.15, 0.2) is 0 Å². The summed E-state index contributed by atoms with van der Waals surface area (Å²) in [6.45, 7) is 5.60. The van der Waals surface area contributed by atoms with Gasteiger partial charge in [0.25, 0.3) is 0 Å². The molecule has 0 radical (unpaired) electrons. The first-order valence-corrected chi connectivity index (χ1v) is 6.45. The van der Waals surface area contributed by atoms with E-state index in [2.05, 4.69) is 19.8 Å². The Kier molecular flexibility index (Phi) is 2.68. The van der Waals surface area contributed by atoms with E-state index in [9.17, 15) is 0 Å². The maximum Gasteiger partial charge on any atom is 0.0831 e. The summed E-state index contributed by atoms with van der Waals surface area (Å²) in [7, 11) is 0. The molecule has 1 aliphatic carbocycles. The zero-order valence-corrected chi connectivity index (χ0v) is 9.59. The van der Waals surface area contributed by atoms with Crippen LogP contribution in [-0.2, 0) is 6.54 Å². The lowest BCUT2D eigenvalue weighted by Crippen LogP contribution is -2.42. The third-order valence-electron chi connectivity index (χ3n) is 3.13. The van der Waals surface area contributed by atoms with Gasteiger partial charge in [-0.3, -0.25) is 4.90 Å². The van der Waals surface area contributed by atoms with Crippen molar-refractivity contribution in [2.24, 2.45) is 0 Å². The van der Waals surface area contributed by atoms with E-state index in [-0.39, 0.29) is 0 Å². The topological polar surface area (TPSA) is 41.1 Å². The summed E-state index contributed by atoms with van der Waals surface area (Å²) < 4.78 is 4.10. The molecule has 2 aliphatic rings. The van der Waals surface area contributed by atoms with E-state index < -0.39 is 0 Å². The van der Waals surface area contributed by atoms with E-state index in [0.29, 0.717) is 0 Å². The van der Waals surface area contributed by atoms with Crippen LogP contribution in [0, 0.1) is 0 Å². The van der Waals surface area contributed by atoms with Crippen LogP contribution in [-0.4, -0.2) is 40.7 Å². The molecule has 0 aromatic carbocycles. The lowest BCUT2D eigenvalue weighted by atomic mass is 10.2. The predicted molar refractivity (Wildman–Crippen MR) is 60.0 cm³/mol. The normalized spacial score (nSPS) is 23.2. The number of rotatable bonds is 3. The Morgan fingerprint density at radius 2 is 2.13 bits per heavy atom. The van der Waals surface area contributed by atoms with Gasteiger partial charge < -0.3 is 5.32 Å². The largest absolute Gasteiger partial charge is 0.314 e. The molecule has 1 aromatic heterocycles. The molecule has 1 saturated heterocycles. The monoisotopic (exact) mass is 224 g/mol. The van der Waals surface area contributed by atoms with Crippen molar-refractivity contribution >= 4 is 11.5 Å². The van der Waals surface area contributed by atoms with Gasteiger partial charge in [-0.15, -0.1) is 5.10 Å². The second kappa shape index (κ2) is 4.15. The van der Waals surface area contributed by atoms with Crippen molar-refractivity contribution < 1.29 is 0 Å². The molecule has 0 unspecified atom stereocenters. The zero-order chi connectivity index (χ0) is 10.1. The summed E-state index contributed by atoms with van der Waals surface area (Å²) in [5, 5.41) is 7.64. The Balaban J connectivity index is 1.67. The fraction of sp³-hybridized carbons (Fsp3) is 0.800. The van der Waals surface area contributed by atoms with Gasteiger partial charge in [0.2, 0.25) is 0 Å². The van der Waals surface area contributed by atoms with Gasteiger partial charge in [-0.25, -0.2) is 0 Å². The highest BCUT2D eigenvalue weighted by Crippen LogP contribution is 2.41. The van der Waals surface area contributed by atoms with Crippen LogP contribution < -0.4 is 5.32 Å². The maximum absolute atomic E-state index is 4.27. The first-order chi connectivity index (χ1) is 7.43. The maximum atomic E-state index is 4.27. The molecular weight excluding hydrogens is 208 g/mol. The molecule has 2 heterocycles. The summed E-state index contributed by atoms with van der Waals surface area (Å²) in [5.41, 5.74) is 1.29. The van der Waals surface area contributed by atoms with E-state index in [1.54, 1.807) is 11.5 Å². The minimum absolute atomic E-state index is 0.738. The first-order valence-electron chi connectivity index (χ1n) is 5.67. The fourth-order valence-corrected chi connectivity index (χ4v) is 2.83. The number of hydrogen-bond donors (Lipinski definition) is 1. The number of piperazine rings is 1. The van der Waals surface area contributed by atoms with Crippen LogP contribution in [0.3, 0.4) is 0 Å². The summed E-state index contributed by atoms with van der Waals surface area (Å²) in [6.07, 6.45) is 2.64. The highest BCUT2D eigenvalue weighted by molar-refractivity contribution is 7.05. The number of hydrogen-bond acceptors (Lipinski definition) is 5. The quantitative estimate of drug-likeness (QED) is 0.825. The summed E-state index contributed by atoms with van der Waals surface area (Å²) in [4.78, 5) is 3.90. The Hall–Kier alpha value is -0.520. The third kappa shape index (κ3) is 2.19. The number of aromatic nitrogens is 2. The Labute approximate surface area is 93.8 Å². The van der Waals surface area contributed by atoms with Gasteiger partial charge in [0.1, 0.15) is 0 Å². The van der Waals surface area contributed by atoms with Gasteiger partial charge >= 0.3 is 0 Å². The predicted octanol–water partition coefficient (Wildman–Crippen LogP) is 0.821. The number of nitrogens with zero attached hydrogens (tertiary/aromatic N) is 3. The average Bonchev–Trinajstić information content (AvgIpc) is 3.02. The van der Waals surface area contributed by atoms with Crippen molar-refractivity contribution in [2.45, 2.75) is 25.3 Å². The molecule has 0 amide bonds. The molecule has 2 fully saturated rings. The molecule has 4 nitrogen and oxygen atoms in total. The van der Waals surface area contributed by atoms with Gasteiger partial charge in [0.15, 0.2) is 0 Å². The van der Waals surface area contributed by atoms with E-state index in [0.717, 1.165) is 38.6 Å². The van der Waals surface area contributed by atoms with E-state index in [4.69, 9.17) is 0 Å². The van der Waals surface area contributed by atoms with Gasteiger partial charge in [0, 0.05) is 38.6 Å². The van der Waals surface area contributed by atoms with Crippen LogP contribution in [0.2, 0.25) is 0 Å². The second-order valence-corrected chi connectivity index (χ2v) is 5.22. The van der Waals surface area contributed by atoms with Gasteiger partial charge in [-0.05, 0) is 24.4 Å². The number of nitrogens with one attached hydrogen (secondary N) is 1. The summed E-state index contributed by atoms with van der Waals surface area (Å²) in [6, 6.07) is 0. The van der Waals surface area contributed by atoms with E-state index >= 15 is 0 Å². The van der Waals surface area contributed by atoms with Crippen molar-refractivity contribution in [1.82, 2.24) is 19.8 Å². The molecule has 0 bridgehead atoms. The van der Waals surface area contributed by atoms with Crippen LogP contribution in [0.4, 0.5) is 0 Å². The van der Waals surface area contributed by atoms with Gasteiger partial charge in [0.05, 0.1) is 10.6 Å². The SMILES string of the molecule is C1CN(Cc2snnc2C2CC2)CCN1. The smallest absolute Gasteiger partial charge is 0.0831 e. The van der Waals surface area contributed by atoms with Crippen molar-refractivity contribution in [1.29, 1.82) is 0 Å². The molecule has 82 valence electrons. The van der Waals surface area contributed by atoms with Crippen LogP contribution >= 0.6 is 11.5 Å². The molecule has 15 heavy (non-hydrogen) atoms. The van der Waals surface area contributed by atoms with Crippen LogP contribution in [0.5, 0.6) is 0 Å². The molecule has 5 heteroatoms. The Morgan fingerprint density at radius 1 is 1.33 bits per heavy atom. The molecule has 0 spiro atoms. The Morgan fingerprint density at radius 3 is 2.87 bits per heavy atom. The second-order valence-electron chi connectivity index (χ2n) is 4.38. The molecular formula is C10H16N4S. The molecule has 3 rings (SSSR count). The van der Waals surface area contributed by atoms with Crippen molar-refractivity contribution in [3.63, 3.8) is 0 Å². The molecule has 1 N–H and O–H groups in total. The lowest BCUT2D eigenvalue weighted by Gasteiger charge is -2.26. The average molecular weight is 224 g/mol. The molecule has 1 aromatic rings. The fourth-order valence-electron chi connectivity index (χ4n) is 2.06. The zero-order valence-electron chi connectivity index (χ0n) is 8.78. The highest BCUT2D eigenvalue weighted by Gasteiger charge is 2.29. The first kappa shape index (κ1) is 9.69. The molecule has 0 atom stereocenters. The van der Waals surface area contributed by atoms with E-state index in [1.165, 1.54) is 23.4 Å². The van der Waals surface area contributed by atoms with Gasteiger partial charge in [-0.2, -0.15) is 0 Å².